The van der Waals surface area contributed by atoms with Gasteiger partial charge in [0.15, 0.2) is 5.78 Å². The van der Waals surface area contributed by atoms with Crippen molar-refractivity contribution in [3.63, 3.8) is 0 Å². The number of benzene rings is 2. The van der Waals surface area contributed by atoms with Gasteiger partial charge in [0.05, 0.1) is 25.3 Å². The van der Waals surface area contributed by atoms with E-state index < -0.39 is 5.41 Å². The molecule has 3 rings (SSSR count). The van der Waals surface area contributed by atoms with Crippen LogP contribution in [0.4, 0.5) is 0 Å². The molecule has 1 aliphatic rings. The molecular formula is C29H37N3O6. The second-order valence-electron chi connectivity index (χ2n) is 10.2. The van der Waals surface area contributed by atoms with Crippen LogP contribution >= 0.6 is 0 Å². The number of phenolic OH excluding ortho intramolecular Hbond substituents is 1. The number of aryl methyl sites for hydroxylation is 1. The second kappa shape index (κ2) is 11.7. The van der Waals surface area contributed by atoms with Crippen LogP contribution in [0.3, 0.4) is 0 Å². The molecule has 0 spiro atoms. The van der Waals surface area contributed by atoms with Crippen LogP contribution in [0.2, 0.25) is 0 Å². The number of carbonyl (C=O) groups is 3. The first-order valence-corrected chi connectivity index (χ1v) is 12.8. The van der Waals surface area contributed by atoms with E-state index in [1.165, 1.54) is 7.05 Å². The molecule has 1 aliphatic heterocycles. The maximum absolute atomic E-state index is 13.5. The van der Waals surface area contributed by atoms with E-state index in [-0.39, 0.29) is 55.2 Å². The van der Waals surface area contributed by atoms with Crippen molar-refractivity contribution in [1.82, 2.24) is 10.2 Å². The molecule has 38 heavy (non-hydrogen) atoms. The van der Waals surface area contributed by atoms with Gasteiger partial charge in [-0.25, -0.2) is 0 Å². The van der Waals surface area contributed by atoms with Crippen LogP contribution in [-0.2, 0) is 27.9 Å². The minimum absolute atomic E-state index is 0.0571. The van der Waals surface area contributed by atoms with Crippen LogP contribution in [0.1, 0.15) is 84.0 Å². The van der Waals surface area contributed by atoms with E-state index >= 15 is 0 Å². The van der Waals surface area contributed by atoms with E-state index in [9.17, 15) is 19.5 Å². The highest BCUT2D eigenvalue weighted by Crippen LogP contribution is 2.36. The lowest BCUT2D eigenvalue weighted by Crippen LogP contribution is -2.30. The summed E-state index contributed by atoms with van der Waals surface area (Å²) in [7, 11) is 1.53. The number of hydrogen-bond donors (Lipinski definition) is 3. The van der Waals surface area contributed by atoms with Gasteiger partial charge in [-0.3, -0.25) is 19.8 Å². The molecule has 9 heteroatoms. The number of phenols is 1. The highest BCUT2D eigenvalue weighted by Gasteiger charge is 2.30. The fraction of sp³-hybridized carbons (Fsp3) is 0.448. The molecule has 1 amide bonds. The molecule has 0 atom stereocenters. The van der Waals surface area contributed by atoms with Gasteiger partial charge in [0.25, 0.3) is 5.91 Å². The number of esters is 1. The third-order valence-electron chi connectivity index (χ3n) is 6.47. The topological polar surface area (TPSA) is 129 Å². The number of Topliss-reactive ketones (excluding diaryl/α,β-unsaturated/α-hetero) is 1. The van der Waals surface area contributed by atoms with Crippen LogP contribution in [0.5, 0.6) is 11.5 Å². The monoisotopic (exact) mass is 523 g/mol. The third-order valence-corrected chi connectivity index (χ3v) is 6.47. The molecule has 0 fully saturated rings. The van der Waals surface area contributed by atoms with Crippen molar-refractivity contribution in [3.05, 3.63) is 57.6 Å². The van der Waals surface area contributed by atoms with Crippen LogP contribution in [-0.4, -0.2) is 60.3 Å². The number of nitrogens with zero attached hydrogens (tertiary/aromatic N) is 1. The number of nitrogens with one attached hydrogen (secondary N) is 2. The highest BCUT2D eigenvalue weighted by atomic mass is 16.5. The summed E-state index contributed by atoms with van der Waals surface area (Å²) < 4.78 is 10.7. The number of carbonyl (C=O) groups excluding carboxylic acids is 3. The van der Waals surface area contributed by atoms with Crippen LogP contribution in [0.25, 0.3) is 0 Å². The Morgan fingerprint density at radius 1 is 1.11 bits per heavy atom. The van der Waals surface area contributed by atoms with Crippen LogP contribution in [0.15, 0.2) is 24.3 Å². The number of amides is 1. The number of ketones is 1. The fourth-order valence-electron chi connectivity index (χ4n) is 4.50. The summed E-state index contributed by atoms with van der Waals surface area (Å²) in [6, 6.07) is 6.71. The van der Waals surface area contributed by atoms with E-state index in [0.717, 1.165) is 5.56 Å². The van der Waals surface area contributed by atoms with E-state index in [0.29, 0.717) is 46.7 Å². The summed E-state index contributed by atoms with van der Waals surface area (Å²) in [5.41, 5.74) is 2.79. The van der Waals surface area contributed by atoms with E-state index in [4.69, 9.17) is 14.9 Å². The zero-order chi connectivity index (χ0) is 28.2. The molecule has 9 nitrogen and oxygen atoms in total. The predicted octanol–water partition coefficient (Wildman–Crippen LogP) is 3.97. The minimum Gasteiger partial charge on any atom is -0.507 e. The van der Waals surface area contributed by atoms with Crippen molar-refractivity contribution in [1.29, 1.82) is 5.41 Å². The van der Waals surface area contributed by atoms with Gasteiger partial charge in [-0.2, -0.15) is 0 Å². The maximum atomic E-state index is 13.5. The Balaban J connectivity index is 1.89. The lowest BCUT2D eigenvalue weighted by Gasteiger charge is -2.24. The van der Waals surface area contributed by atoms with Gasteiger partial charge in [-0.15, -0.1) is 0 Å². The molecular weight excluding hydrogens is 486 g/mol. The van der Waals surface area contributed by atoms with Crippen molar-refractivity contribution in [2.75, 3.05) is 26.8 Å². The summed E-state index contributed by atoms with van der Waals surface area (Å²) >= 11 is 0. The maximum Gasteiger partial charge on any atom is 0.306 e. The Morgan fingerprint density at radius 3 is 2.42 bits per heavy atom. The normalized spacial score (nSPS) is 12.8. The summed E-state index contributed by atoms with van der Waals surface area (Å²) in [5.74, 6) is -0.239. The standard InChI is InChI=1S/C29H37N3O6/c1-7-37-24-13-19-15-32(27(30)20(19)14-21(24)28(36)31-6)16-23(33)18-11-17(9-10-25(34)38-8-2)26(35)22(12-18)29(3,4)5/h11-14,30,35H,7-10,15-16H2,1-6H3,(H,31,36). The zero-order valence-electron chi connectivity index (χ0n) is 23.0. The molecule has 1 heterocycles. The summed E-state index contributed by atoms with van der Waals surface area (Å²) in [6.07, 6.45) is 0.326. The van der Waals surface area contributed by atoms with Crippen molar-refractivity contribution in [3.8, 4) is 11.5 Å². The minimum atomic E-state index is -0.443. The van der Waals surface area contributed by atoms with E-state index in [1.54, 1.807) is 36.1 Å². The van der Waals surface area contributed by atoms with Crippen LogP contribution in [0, 0.1) is 5.41 Å². The van der Waals surface area contributed by atoms with Gasteiger partial charge in [0.2, 0.25) is 0 Å². The molecule has 0 saturated heterocycles. The number of amidine groups is 1. The molecule has 0 aromatic heterocycles. The molecule has 2 aromatic rings. The van der Waals surface area contributed by atoms with Crippen molar-refractivity contribution in [2.45, 2.75) is 59.4 Å². The molecule has 2 aromatic carbocycles. The number of rotatable bonds is 10. The van der Waals surface area contributed by atoms with Crippen LogP contribution < -0.4 is 10.1 Å². The fourth-order valence-corrected chi connectivity index (χ4v) is 4.50. The van der Waals surface area contributed by atoms with Gasteiger partial charge < -0.3 is 24.8 Å². The smallest absolute Gasteiger partial charge is 0.306 e. The average molecular weight is 524 g/mol. The molecule has 3 N–H and O–H groups in total. The number of aromatic hydroxyl groups is 1. The quantitative estimate of drug-likeness (QED) is 0.317. The lowest BCUT2D eigenvalue weighted by molar-refractivity contribution is -0.143. The predicted molar refractivity (Wildman–Crippen MR) is 144 cm³/mol. The molecule has 0 unspecified atom stereocenters. The highest BCUT2D eigenvalue weighted by molar-refractivity contribution is 6.07. The summed E-state index contributed by atoms with van der Waals surface area (Å²) in [6.45, 7) is 10.3. The number of fused-ring (bicyclic) bond motifs is 1. The van der Waals surface area contributed by atoms with E-state index in [1.807, 2.05) is 27.7 Å². The van der Waals surface area contributed by atoms with E-state index in [2.05, 4.69) is 5.32 Å². The Kier molecular flexibility index (Phi) is 8.81. The Labute approximate surface area is 223 Å². The van der Waals surface area contributed by atoms with Gasteiger partial charge in [0, 0.05) is 36.7 Å². The first-order valence-electron chi connectivity index (χ1n) is 12.8. The third kappa shape index (κ3) is 6.15. The van der Waals surface area contributed by atoms with Gasteiger partial charge in [0.1, 0.15) is 17.3 Å². The van der Waals surface area contributed by atoms with Gasteiger partial charge >= 0.3 is 5.97 Å². The second-order valence-corrected chi connectivity index (χ2v) is 10.2. The number of hydrogen-bond acceptors (Lipinski definition) is 7. The first kappa shape index (κ1) is 28.7. The van der Waals surface area contributed by atoms with Gasteiger partial charge in [-0.05, 0) is 61.1 Å². The SMILES string of the molecule is CCOC(=O)CCc1cc(C(=O)CN2Cc3cc(OCC)c(C(=O)NC)cc3C2=N)cc(C(C)(C)C)c1O. The van der Waals surface area contributed by atoms with Gasteiger partial charge in [-0.1, -0.05) is 20.8 Å². The first-order chi connectivity index (χ1) is 17.9. The molecule has 0 radical (unpaired) electrons. The molecule has 0 aliphatic carbocycles. The van der Waals surface area contributed by atoms with Crippen molar-refractivity contribution in [2.24, 2.45) is 0 Å². The number of ether oxygens (including phenoxy) is 2. The lowest BCUT2D eigenvalue weighted by atomic mass is 9.83. The Morgan fingerprint density at radius 2 is 1.82 bits per heavy atom. The largest absolute Gasteiger partial charge is 0.507 e. The van der Waals surface area contributed by atoms with Crippen molar-refractivity contribution < 1.29 is 29.0 Å². The Hall–Kier alpha value is -3.88. The zero-order valence-corrected chi connectivity index (χ0v) is 23.0. The average Bonchev–Trinajstić information content (AvgIpc) is 3.15. The summed E-state index contributed by atoms with van der Waals surface area (Å²) in [4.78, 5) is 39.4. The Bertz CT molecular complexity index is 1260. The summed E-state index contributed by atoms with van der Waals surface area (Å²) in [5, 5.41) is 22.2. The molecule has 0 bridgehead atoms. The van der Waals surface area contributed by atoms with Crippen molar-refractivity contribution >= 4 is 23.5 Å². The molecule has 204 valence electrons. The molecule has 0 saturated carbocycles.